The maximum atomic E-state index is 12.4. The fraction of sp³-hybridized carbons (Fsp3) is 0.417. The van der Waals surface area contributed by atoms with E-state index in [9.17, 15) is 19.2 Å². The summed E-state index contributed by atoms with van der Waals surface area (Å²) >= 11 is 0. The second kappa shape index (κ2) is 5.73. The van der Waals surface area contributed by atoms with Crippen LogP contribution in [0.15, 0.2) is 16.9 Å². The Morgan fingerprint density at radius 3 is 2.76 bits per heavy atom. The lowest BCUT2D eigenvalue weighted by Gasteiger charge is -2.33. The minimum Gasteiger partial charge on any atom is -0.481 e. The van der Waals surface area contributed by atoms with Crippen molar-refractivity contribution >= 4 is 17.8 Å². The van der Waals surface area contributed by atoms with Gasteiger partial charge in [0.25, 0.3) is 11.5 Å². The molecule has 0 aliphatic carbocycles. The SMILES string of the molecule is Cn1nc(C(=O)N2CCNC(=O)C2CC(=O)O)ccc1=O. The van der Waals surface area contributed by atoms with Crippen molar-refractivity contribution in [2.24, 2.45) is 7.05 Å². The fourth-order valence-electron chi connectivity index (χ4n) is 2.09. The molecule has 1 aromatic heterocycles. The predicted octanol–water partition coefficient (Wildman–Crippen LogP) is -1.80. The van der Waals surface area contributed by atoms with E-state index in [1.807, 2.05) is 0 Å². The second-order valence-electron chi connectivity index (χ2n) is 4.58. The highest BCUT2D eigenvalue weighted by atomic mass is 16.4. The zero-order valence-electron chi connectivity index (χ0n) is 11.3. The summed E-state index contributed by atoms with van der Waals surface area (Å²) in [5, 5.41) is 15.2. The molecule has 0 spiro atoms. The highest BCUT2D eigenvalue weighted by Gasteiger charge is 2.35. The van der Waals surface area contributed by atoms with Gasteiger partial charge in [-0.1, -0.05) is 0 Å². The Balaban J connectivity index is 2.30. The lowest BCUT2D eigenvalue weighted by Crippen LogP contribution is -2.58. The Morgan fingerprint density at radius 1 is 1.43 bits per heavy atom. The maximum absolute atomic E-state index is 12.4. The van der Waals surface area contributed by atoms with Crippen LogP contribution < -0.4 is 10.9 Å². The van der Waals surface area contributed by atoms with Gasteiger partial charge in [0.2, 0.25) is 5.91 Å². The van der Waals surface area contributed by atoms with Gasteiger partial charge in [-0.15, -0.1) is 0 Å². The summed E-state index contributed by atoms with van der Waals surface area (Å²) in [6.45, 7) is 0.430. The van der Waals surface area contributed by atoms with E-state index in [1.165, 1.54) is 24.1 Å². The molecule has 0 aromatic carbocycles. The smallest absolute Gasteiger partial charge is 0.305 e. The molecule has 2 heterocycles. The molecule has 2 amide bonds. The Kier molecular flexibility index (Phi) is 4.01. The van der Waals surface area contributed by atoms with Crippen LogP contribution in [0, 0.1) is 0 Å². The molecule has 2 N–H and O–H groups in total. The number of hydrogen-bond donors (Lipinski definition) is 2. The van der Waals surface area contributed by atoms with Gasteiger partial charge >= 0.3 is 5.97 Å². The van der Waals surface area contributed by atoms with E-state index in [0.29, 0.717) is 0 Å². The van der Waals surface area contributed by atoms with Gasteiger partial charge in [-0.25, -0.2) is 4.68 Å². The number of nitrogens with zero attached hydrogens (tertiary/aromatic N) is 3. The number of hydrogen-bond acceptors (Lipinski definition) is 5. The number of aromatic nitrogens is 2. The molecule has 0 bridgehead atoms. The third-order valence-corrected chi connectivity index (χ3v) is 3.14. The number of carbonyl (C=O) groups excluding carboxylic acids is 2. The third kappa shape index (κ3) is 3.07. The average Bonchev–Trinajstić information content (AvgIpc) is 2.43. The summed E-state index contributed by atoms with van der Waals surface area (Å²) in [5.41, 5.74) is -0.382. The zero-order chi connectivity index (χ0) is 15.6. The van der Waals surface area contributed by atoms with Crippen molar-refractivity contribution in [3.8, 4) is 0 Å². The molecule has 9 nitrogen and oxygen atoms in total. The molecule has 0 saturated carbocycles. The number of rotatable bonds is 3. The van der Waals surface area contributed by atoms with Crippen molar-refractivity contribution in [1.82, 2.24) is 20.0 Å². The van der Waals surface area contributed by atoms with Crippen LogP contribution in [0.3, 0.4) is 0 Å². The Morgan fingerprint density at radius 2 is 2.14 bits per heavy atom. The number of amides is 2. The molecule has 0 radical (unpaired) electrons. The minimum atomic E-state index is -1.18. The van der Waals surface area contributed by atoms with Crippen LogP contribution in [-0.4, -0.2) is 56.7 Å². The van der Waals surface area contributed by atoms with Crippen molar-refractivity contribution in [2.45, 2.75) is 12.5 Å². The average molecular weight is 294 g/mol. The summed E-state index contributed by atoms with van der Waals surface area (Å²) in [5.74, 6) is -2.27. The van der Waals surface area contributed by atoms with Gasteiger partial charge < -0.3 is 15.3 Å². The Hall–Kier alpha value is -2.71. The number of nitrogens with one attached hydrogen (secondary N) is 1. The third-order valence-electron chi connectivity index (χ3n) is 3.14. The molecule has 2 rings (SSSR count). The van der Waals surface area contributed by atoms with Crippen molar-refractivity contribution in [2.75, 3.05) is 13.1 Å². The first kappa shape index (κ1) is 14.7. The van der Waals surface area contributed by atoms with Crippen molar-refractivity contribution in [1.29, 1.82) is 0 Å². The van der Waals surface area contributed by atoms with Gasteiger partial charge in [-0.2, -0.15) is 5.10 Å². The largest absolute Gasteiger partial charge is 0.481 e. The highest BCUT2D eigenvalue weighted by molar-refractivity contribution is 5.97. The summed E-state index contributed by atoms with van der Waals surface area (Å²) in [7, 11) is 1.40. The van der Waals surface area contributed by atoms with Crippen LogP contribution >= 0.6 is 0 Å². The van der Waals surface area contributed by atoms with Crippen molar-refractivity contribution in [3.05, 3.63) is 28.2 Å². The van der Waals surface area contributed by atoms with E-state index in [0.717, 1.165) is 4.68 Å². The van der Waals surface area contributed by atoms with Crippen LogP contribution in [-0.2, 0) is 16.6 Å². The van der Waals surface area contributed by atoms with Gasteiger partial charge in [0, 0.05) is 26.2 Å². The molecular formula is C12H14N4O5. The van der Waals surface area contributed by atoms with E-state index in [1.54, 1.807) is 0 Å². The molecule has 9 heteroatoms. The molecular weight excluding hydrogens is 280 g/mol. The predicted molar refractivity (Wildman–Crippen MR) is 69.6 cm³/mol. The molecule has 1 atom stereocenters. The first-order valence-corrected chi connectivity index (χ1v) is 6.25. The molecule has 1 aliphatic rings. The second-order valence-corrected chi connectivity index (χ2v) is 4.58. The van der Waals surface area contributed by atoms with Gasteiger partial charge in [0.15, 0.2) is 0 Å². The normalized spacial score (nSPS) is 18.2. The summed E-state index contributed by atoms with van der Waals surface area (Å²) in [6, 6.07) is 1.37. The molecule has 1 aliphatic heterocycles. The quantitative estimate of drug-likeness (QED) is 0.678. The number of piperazine rings is 1. The zero-order valence-corrected chi connectivity index (χ0v) is 11.3. The number of carbonyl (C=O) groups is 3. The Labute approximate surface area is 119 Å². The van der Waals surface area contributed by atoms with Crippen LogP contribution in [0.4, 0.5) is 0 Å². The van der Waals surface area contributed by atoms with Crippen LogP contribution in [0.5, 0.6) is 0 Å². The van der Waals surface area contributed by atoms with Crippen LogP contribution in [0.2, 0.25) is 0 Å². The van der Waals surface area contributed by atoms with E-state index in [2.05, 4.69) is 10.4 Å². The monoisotopic (exact) mass is 294 g/mol. The number of carboxylic acid groups (broad SMARTS) is 1. The summed E-state index contributed by atoms with van der Waals surface area (Å²) < 4.78 is 1.00. The minimum absolute atomic E-state index is 0.0119. The standard InChI is InChI=1S/C12H14N4O5/c1-15-9(17)3-2-7(14-15)12(21)16-5-4-13-11(20)8(16)6-10(18)19/h2-3,8H,4-6H2,1H3,(H,13,20)(H,18,19). The van der Waals surface area contributed by atoms with E-state index >= 15 is 0 Å². The molecule has 112 valence electrons. The first-order chi connectivity index (χ1) is 9.90. The lowest BCUT2D eigenvalue weighted by molar-refractivity contribution is -0.142. The number of aryl methyl sites for hydroxylation is 1. The van der Waals surface area contributed by atoms with Crippen molar-refractivity contribution in [3.63, 3.8) is 0 Å². The highest BCUT2D eigenvalue weighted by Crippen LogP contribution is 2.12. The maximum Gasteiger partial charge on any atom is 0.305 e. The van der Waals surface area contributed by atoms with Crippen molar-refractivity contribution < 1.29 is 19.5 Å². The van der Waals surface area contributed by atoms with E-state index in [-0.39, 0.29) is 24.3 Å². The van der Waals surface area contributed by atoms with Gasteiger partial charge in [0.1, 0.15) is 11.7 Å². The number of carboxylic acids is 1. The number of aliphatic carboxylic acids is 1. The molecule has 1 fully saturated rings. The first-order valence-electron chi connectivity index (χ1n) is 6.25. The van der Waals surface area contributed by atoms with E-state index in [4.69, 9.17) is 5.11 Å². The van der Waals surface area contributed by atoms with Gasteiger partial charge in [0.05, 0.1) is 6.42 Å². The van der Waals surface area contributed by atoms with Crippen LogP contribution in [0.1, 0.15) is 16.9 Å². The Bertz CT molecular complexity index is 653. The molecule has 1 saturated heterocycles. The van der Waals surface area contributed by atoms with Crippen LogP contribution in [0.25, 0.3) is 0 Å². The lowest BCUT2D eigenvalue weighted by atomic mass is 10.1. The molecule has 21 heavy (non-hydrogen) atoms. The molecule has 1 unspecified atom stereocenters. The van der Waals surface area contributed by atoms with E-state index < -0.39 is 30.2 Å². The van der Waals surface area contributed by atoms with Gasteiger partial charge in [-0.3, -0.25) is 19.2 Å². The summed E-state index contributed by atoms with van der Waals surface area (Å²) in [6.07, 6.45) is -0.483. The summed E-state index contributed by atoms with van der Waals surface area (Å²) in [4.78, 5) is 47.4. The molecule has 1 aromatic rings. The van der Waals surface area contributed by atoms with Gasteiger partial charge in [-0.05, 0) is 6.07 Å². The topological polar surface area (TPSA) is 122 Å². The fourth-order valence-corrected chi connectivity index (χ4v) is 2.09.